The second-order valence-electron chi connectivity index (χ2n) is 5.44. The van der Waals surface area contributed by atoms with Crippen LogP contribution in [0, 0.1) is 0 Å². The highest BCUT2D eigenvalue weighted by Gasteiger charge is 2.09. The van der Waals surface area contributed by atoms with E-state index in [-0.39, 0.29) is 5.91 Å². The van der Waals surface area contributed by atoms with Gasteiger partial charge in [-0.25, -0.2) is 0 Å². The van der Waals surface area contributed by atoms with Crippen LogP contribution >= 0.6 is 0 Å². The van der Waals surface area contributed by atoms with E-state index in [0.29, 0.717) is 12.1 Å². The fourth-order valence-electron chi connectivity index (χ4n) is 2.59. The van der Waals surface area contributed by atoms with Crippen molar-refractivity contribution >= 4 is 5.91 Å². The van der Waals surface area contributed by atoms with Crippen molar-refractivity contribution in [2.45, 2.75) is 6.54 Å². The molecule has 3 aromatic rings. The number of carbonyl (C=O) groups excluding carboxylic acids is 1. The number of ether oxygens (including phenoxy) is 1. The first-order chi connectivity index (χ1) is 11.8. The number of carbonyl (C=O) groups is 1. The average molecular weight is 317 g/mol. The molecule has 0 heterocycles. The van der Waals surface area contributed by atoms with Crippen LogP contribution in [-0.2, 0) is 6.54 Å². The Morgan fingerprint density at radius 2 is 1.58 bits per heavy atom. The zero-order chi connectivity index (χ0) is 16.8. The lowest BCUT2D eigenvalue weighted by Gasteiger charge is -2.13. The monoisotopic (exact) mass is 317 g/mol. The van der Waals surface area contributed by atoms with E-state index in [1.807, 2.05) is 66.7 Å². The summed E-state index contributed by atoms with van der Waals surface area (Å²) in [4.78, 5) is 12.3. The van der Waals surface area contributed by atoms with Gasteiger partial charge in [0.15, 0.2) is 0 Å². The van der Waals surface area contributed by atoms with E-state index >= 15 is 0 Å². The van der Waals surface area contributed by atoms with Crippen LogP contribution in [0.5, 0.6) is 5.75 Å². The van der Waals surface area contributed by atoms with Crippen LogP contribution in [0.1, 0.15) is 15.9 Å². The fraction of sp³-hybridized carbons (Fsp3) is 0.0952. The van der Waals surface area contributed by atoms with Crippen molar-refractivity contribution in [3.63, 3.8) is 0 Å². The Hall–Kier alpha value is -3.07. The molecular formula is C21H19NO2. The molecule has 0 unspecified atom stereocenters. The summed E-state index contributed by atoms with van der Waals surface area (Å²) in [5, 5.41) is 2.98. The zero-order valence-corrected chi connectivity index (χ0v) is 13.5. The summed E-state index contributed by atoms with van der Waals surface area (Å²) < 4.78 is 5.34. The number of hydrogen-bond donors (Lipinski definition) is 1. The summed E-state index contributed by atoms with van der Waals surface area (Å²) in [5.41, 5.74) is 3.86. The van der Waals surface area contributed by atoms with Crippen LogP contribution in [0.3, 0.4) is 0 Å². The van der Waals surface area contributed by atoms with Crippen LogP contribution in [0.2, 0.25) is 0 Å². The highest BCUT2D eigenvalue weighted by Crippen LogP contribution is 2.28. The van der Waals surface area contributed by atoms with Crippen LogP contribution in [-0.4, -0.2) is 13.0 Å². The molecule has 0 saturated carbocycles. The highest BCUT2D eigenvalue weighted by molar-refractivity contribution is 5.94. The van der Waals surface area contributed by atoms with Gasteiger partial charge in [0.1, 0.15) is 5.75 Å². The van der Waals surface area contributed by atoms with Gasteiger partial charge in [-0.1, -0.05) is 54.6 Å². The van der Waals surface area contributed by atoms with Gasteiger partial charge in [-0.15, -0.1) is 0 Å². The third kappa shape index (κ3) is 3.63. The summed E-state index contributed by atoms with van der Waals surface area (Å²) >= 11 is 0. The first-order valence-electron chi connectivity index (χ1n) is 7.83. The number of amides is 1. The second kappa shape index (κ2) is 7.47. The first-order valence-corrected chi connectivity index (χ1v) is 7.83. The minimum atomic E-state index is -0.0783. The van der Waals surface area contributed by atoms with Crippen LogP contribution in [0.15, 0.2) is 78.9 Å². The number of nitrogens with one attached hydrogen (secondary N) is 1. The first kappa shape index (κ1) is 15.8. The third-order valence-corrected chi connectivity index (χ3v) is 3.88. The molecule has 0 aliphatic heterocycles. The maximum atomic E-state index is 12.3. The van der Waals surface area contributed by atoms with Gasteiger partial charge in [0.2, 0.25) is 0 Å². The van der Waals surface area contributed by atoms with Gasteiger partial charge in [-0.2, -0.15) is 0 Å². The SMILES string of the molecule is COc1ccc(CNC(=O)c2ccccc2)c(-c2ccccc2)c1. The van der Waals surface area contributed by atoms with Crippen molar-refractivity contribution in [1.82, 2.24) is 5.32 Å². The Balaban J connectivity index is 1.84. The molecule has 1 N–H and O–H groups in total. The maximum Gasteiger partial charge on any atom is 0.251 e. The van der Waals surface area contributed by atoms with Crippen molar-refractivity contribution in [2.24, 2.45) is 0 Å². The second-order valence-corrected chi connectivity index (χ2v) is 5.44. The predicted octanol–water partition coefficient (Wildman–Crippen LogP) is 4.29. The van der Waals surface area contributed by atoms with Crippen LogP contribution < -0.4 is 10.1 Å². The molecular weight excluding hydrogens is 298 g/mol. The number of methoxy groups -OCH3 is 1. The van der Waals surface area contributed by atoms with Gasteiger partial charge in [0, 0.05) is 12.1 Å². The van der Waals surface area contributed by atoms with Gasteiger partial charge in [0.05, 0.1) is 7.11 Å². The van der Waals surface area contributed by atoms with E-state index in [4.69, 9.17) is 4.74 Å². The maximum absolute atomic E-state index is 12.3. The lowest BCUT2D eigenvalue weighted by atomic mass is 9.99. The molecule has 1 amide bonds. The normalized spacial score (nSPS) is 10.2. The Morgan fingerprint density at radius 3 is 2.25 bits per heavy atom. The molecule has 0 aliphatic rings. The van der Waals surface area contributed by atoms with Crippen LogP contribution in [0.25, 0.3) is 11.1 Å². The van der Waals surface area contributed by atoms with Gasteiger partial charge in [0.25, 0.3) is 5.91 Å². The molecule has 0 saturated heterocycles. The summed E-state index contributed by atoms with van der Waals surface area (Å²) in [7, 11) is 1.65. The minimum absolute atomic E-state index is 0.0783. The molecule has 0 fully saturated rings. The zero-order valence-electron chi connectivity index (χ0n) is 13.5. The third-order valence-electron chi connectivity index (χ3n) is 3.88. The molecule has 3 nitrogen and oxygen atoms in total. The van der Waals surface area contributed by atoms with E-state index in [1.165, 1.54) is 0 Å². The molecule has 3 rings (SSSR count). The molecule has 0 atom stereocenters. The Labute approximate surface area is 141 Å². The molecule has 0 bridgehead atoms. The lowest BCUT2D eigenvalue weighted by molar-refractivity contribution is 0.0951. The van der Waals surface area contributed by atoms with E-state index < -0.39 is 0 Å². The summed E-state index contributed by atoms with van der Waals surface area (Å²) in [6.45, 7) is 0.460. The number of hydrogen-bond acceptors (Lipinski definition) is 2. The lowest BCUT2D eigenvalue weighted by Crippen LogP contribution is -2.23. The Bertz CT molecular complexity index is 814. The number of rotatable bonds is 5. The average Bonchev–Trinajstić information content (AvgIpc) is 2.67. The van der Waals surface area contributed by atoms with E-state index in [9.17, 15) is 4.79 Å². The molecule has 3 heteroatoms. The van der Waals surface area contributed by atoms with Crippen molar-refractivity contribution in [3.8, 4) is 16.9 Å². The molecule has 120 valence electrons. The summed E-state index contributed by atoms with van der Waals surface area (Å²) in [6.07, 6.45) is 0. The Kier molecular flexibility index (Phi) is 4.92. The standard InChI is InChI=1S/C21H19NO2/c1-24-19-13-12-18(20(14-19)16-8-4-2-5-9-16)15-22-21(23)17-10-6-3-7-11-17/h2-14H,15H2,1H3,(H,22,23). The molecule has 24 heavy (non-hydrogen) atoms. The van der Waals surface area contributed by atoms with Crippen molar-refractivity contribution in [3.05, 3.63) is 90.0 Å². The smallest absolute Gasteiger partial charge is 0.251 e. The topological polar surface area (TPSA) is 38.3 Å². The fourth-order valence-corrected chi connectivity index (χ4v) is 2.59. The largest absolute Gasteiger partial charge is 0.497 e. The quantitative estimate of drug-likeness (QED) is 0.762. The van der Waals surface area contributed by atoms with Crippen molar-refractivity contribution < 1.29 is 9.53 Å². The Morgan fingerprint density at radius 1 is 0.917 bits per heavy atom. The summed E-state index contributed by atoms with van der Waals surface area (Å²) in [6, 6.07) is 25.2. The van der Waals surface area contributed by atoms with Crippen molar-refractivity contribution in [2.75, 3.05) is 7.11 Å². The van der Waals surface area contributed by atoms with Gasteiger partial charge in [-0.3, -0.25) is 4.79 Å². The molecule has 3 aromatic carbocycles. The highest BCUT2D eigenvalue weighted by atomic mass is 16.5. The van der Waals surface area contributed by atoms with Gasteiger partial charge in [-0.05, 0) is 41.0 Å². The van der Waals surface area contributed by atoms with Gasteiger partial charge >= 0.3 is 0 Å². The van der Waals surface area contributed by atoms with Gasteiger partial charge < -0.3 is 10.1 Å². The van der Waals surface area contributed by atoms with E-state index in [2.05, 4.69) is 17.4 Å². The van der Waals surface area contributed by atoms with Crippen molar-refractivity contribution in [1.29, 1.82) is 0 Å². The molecule has 0 aliphatic carbocycles. The predicted molar refractivity (Wildman–Crippen MR) is 96.0 cm³/mol. The summed E-state index contributed by atoms with van der Waals surface area (Å²) in [5.74, 6) is 0.720. The van der Waals surface area contributed by atoms with E-state index in [0.717, 1.165) is 22.4 Å². The molecule has 0 spiro atoms. The van der Waals surface area contributed by atoms with E-state index in [1.54, 1.807) is 7.11 Å². The molecule has 0 radical (unpaired) electrons. The molecule has 0 aromatic heterocycles. The van der Waals surface area contributed by atoms with Crippen LogP contribution in [0.4, 0.5) is 0 Å². The number of benzene rings is 3. The minimum Gasteiger partial charge on any atom is -0.497 e.